The molecule has 1 saturated heterocycles. The van der Waals surface area contributed by atoms with Gasteiger partial charge in [0.25, 0.3) is 5.91 Å². The van der Waals surface area contributed by atoms with Gasteiger partial charge in [-0.2, -0.15) is 5.10 Å². The van der Waals surface area contributed by atoms with Gasteiger partial charge in [0.2, 0.25) is 0 Å². The fraction of sp³-hybridized carbons (Fsp3) is 0.550. The van der Waals surface area contributed by atoms with Gasteiger partial charge in [0.1, 0.15) is 11.5 Å². The van der Waals surface area contributed by atoms with Crippen molar-refractivity contribution in [3.63, 3.8) is 0 Å². The van der Waals surface area contributed by atoms with Gasteiger partial charge in [-0.3, -0.25) is 9.48 Å². The zero-order chi connectivity index (χ0) is 18.3. The lowest BCUT2D eigenvalue weighted by Gasteiger charge is -2.26. The standard InChI is InChI=1S/C20H27N5O/c1-4-25-18(13-16(22-25)14-7-8-14)20(26)24-11-5-6-17(24)15-9-10-21-19(12-15)23(2)3/h9-10,12-14,17H,4-8,11H2,1-3H3. The number of amides is 1. The summed E-state index contributed by atoms with van der Waals surface area (Å²) >= 11 is 0. The molecule has 26 heavy (non-hydrogen) atoms. The summed E-state index contributed by atoms with van der Waals surface area (Å²) in [5.41, 5.74) is 2.99. The summed E-state index contributed by atoms with van der Waals surface area (Å²) in [7, 11) is 3.98. The summed E-state index contributed by atoms with van der Waals surface area (Å²) in [6.45, 7) is 3.58. The Morgan fingerprint density at radius 2 is 2.08 bits per heavy atom. The minimum Gasteiger partial charge on any atom is -0.363 e. The normalized spacial score (nSPS) is 19.8. The second-order valence-electron chi connectivity index (χ2n) is 7.54. The highest BCUT2D eigenvalue weighted by atomic mass is 16.2. The molecule has 1 amide bonds. The van der Waals surface area contributed by atoms with Crippen molar-refractivity contribution < 1.29 is 4.79 Å². The van der Waals surface area contributed by atoms with E-state index in [1.807, 2.05) is 53.8 Å². The van der Waals surface area contributed by atoms with Gasteiger partial charge in [-0.15, -0.1) is 0 Å². The van der Waals surface area contributed by atoms with Gasteiger partial charge in [-0.05, 0) is 56.4 Å². The van der Waals surface area contributed by atoms with E-state index in [4.69, 9.17) is 0 Å². The summed E-state index contributed by atoms with van der Waals surface area (Å²) in [5, 5.41) is 4.67. The van der Waals surface area contributed by atoms with Gasteiger partial charge in [0.15, 0.2) is 0 Å². The Bertz CT molecular complexity index is 808. The van der Waals surface area contributed by atoms with E-state index in [1.54, 1.807) is 0 Å². The predicted molar refractivity (Wildman–Crippen MR) is 101 cm³/mol. The number of aromatic nitrogens is 3. The maximum absolute atomic E-state index is 13.3. The van der Waals surface area contributed by atoms with Crippen LogP contribution in [-0.4, -0.2) is 46.2 Å². The third kappa shape index (κ3) is 3.08. The molecule has 2 aromatic heterocycles. The van der Waals surface area contributed by atoms with E-state index in [9.17, 15) is 4.79 Å². The smallest absolute Gasteiger partial charge is 0.272 e. The Morgan fingerprint density at radius 3 is 2.77 bits per heavy atom. The van der Waals surface area contributed by atoms with Crippen LogP contribution in [0.4, 0.5) is 5.82 Å². The van der Waals surface area contributed by atoms with Gasteiger partial charge in [0, 0.05) is 39.3 Å². The number of likely N-dealkylation sites (tertiary alicyclic amines) is 1. The summed E-state index contributed by atoms with van der Waals surface area (Å²) < 4.78 is 1.88. The zero-order valence-electron chi connectivity index (χ0n) is 15.9. The number of pyridine rings is 1. The van der Waals surface area contributed by atoms with Crippen molar-refractivity contribution in [1.82, 2.24) is 19.7 Å². The van der Waals surface area contributed by atoms with Crippen molar-refractivity contribution in [3.05, 3.63) is 41.3 Å². The average Bonchev–Trinajstić information content (AvgIpc) is 3.22. The molecule has 138 valence electrons. The van der Waals surface area contributed by atoms with E-state index < -0.39 is 0 Å². The highest BCUT2D eigenvalue weighted by molar-refractivity contribution is 5.93. The molecule has 0 aromatic carbocycles. The Hall–Kier alpha value is -2.37. The maximum atomic E-state index is 13.3. The molecule has 1 aliphatic carbocycles. The van der Waals surface area contributed by atoms with E-state index in [1.165, 1.54) is 18.4 Å². The second-order valence-corrected chi connectivity index (χ2v) is 7.54. The SMILES string of the molecule is CCn1nc(C2CC2)cc1C(=O)N1CCCC1c1ccnc(N(C)C)c1. The molecule has 3 heterocycles. The maximum Gasteiger partial charge on any atom is 0.272 e. The number of carbonyl (C=O) groups excluding carboxylic acids is 1. The first-order chi connectivity index (χ1) is 12.6. The van der Waals surface area contributed by atoms with Gasteiger partial charge < -0.3 is 9.80 Å². The monoisotopic (exact) mass is 353 g/mol. The van der Waals surface area contributed by atoms with Gasteiger partial charge in [-0.1, -0.05) is 0 Å². The first-order valence-corrected chi connectivity index (χ1v) is 9.60. The van der Waals surface area contributed by atoms with E-state index >= 15 is 0 Å². The molecule has 1 aliphatic heterocycles. The van der Waals surface area contributed by atoms with E-state index in [0.717, 1.165) is 43.1 Å². The van der Waals surface area contributed by atoms with E-state index in [0.29, 0.717) is 5.92 Å². The fourth-order valence-electron chi connectivity index (χ4n) is 3.82. The van der Waals surface area contributed by atoms with Gasteiger partial charge in [0.05, 0.1) is 11.7 Å². The first-order valence-electron chi connectivity index (χ1n) is 9.60. The minimum absolute atomic E-state index is 0.108. The number of nitrogens with zero attached hydrogens (tertiary/aromatic N) is 5. The Labute approximate surface area is 154 Å². The van der Waals surface area contributed by atoms with Gasteiger partial charge >= 0.3 is 0 Å². The number of anilines is 1. The molecule has 2 aromatic rings. The molecule has 2 fully saturated rings. The van der Waals surface area contributed by atoms with Crippen molar-refractivity contribution in [2.45, 2.75) is 51.1 Å². The number of hydrogen-bond donors (Lipinski definition) is 0. The highest BCUT2D eigenvalue weighted by Gasteiger charge is 2.34. The molecule has 6 heteroatoms. The number of carbonyl (C=O) groups is 1. The number of aryl methyl sites for hydroxylation is 1. The minimum atomic E-state index is 0.108. The van der Waals surface area contributed by atoms with Crippen molar-refractivity contribution in [1.29, 1.82) is 0 Å². The lowest BCUT2D eigenvalue weighted by atomic mass is 10.1. The van der Waals surface area contributed by atoms with Gasteiger partial charge in [-0.25, -0.2) is 4.98 Å². The van der Waals surface area contributed by atoms with E-state index in [2.05, 4.69) is 16.1 Å². The predicted octanol–water partition coefficient (Wildman–Crippen LogP) is 3.22. The van der Waals surface area contributed by atoms with Crippen LogP contribution in [0.3, 0.4) is 0 Å². The van der Waals surface area contributed by atoms with Crippen molar-refractivity contribution >= 4 is 11.7 Å². The van der Waals surface area contributed by atoms with E-state index in [-0.39, 0.29) is 11.9 Å². The van der Waals surface area contributed by atoms with Crippen molar-refractivity contribution in [2.75, 3.05) is 25.5 Å². The third-order valence-corrected chi connectivity index (χ3v) is 5.44. The summed E-state index contributed by atoms with van der Waals surface area (Å²) in [4.78, 5) is 21.7. The number of hydrogen-bond acceptors (Lipinski definition) is 4. The molecular weight excluding hydrogens is 326 g/mol. The molecule has 1 unspecified atom stereocenters. The third-order valence-electron chi connectivity index (χ3n) is 5.44. The molecule has 0 spiro atoms. The lowest BCUT2D eigenvalue weighted by Crippen LogP contribution is -2.32. The van der Waals surface area contributed by atoms with Crippen LogP contribution in [0.5, 0.6) is 0 Å². The van der Waals surface area contributed by atoms with Crippen molar-refractivity contribution in [2.24, 2.45) is 0 Å². The van der Waals surface area contributed by atoms with Crippen LogP contribution in [0.25, 0.3) is 0 Å². The molecule has 1 atom stereocenters. The van der Waals surface area contributed by atoms with Crippen molar-refractivity contribution in [3.8, 4) is 0 Å². The average molecular weight is 353 g/mol. The fourth-order valence-corrected chi connectivity index (χ4v) is 3.82. The summed E-state index contributed by atoms with van der Waals surface area (Å²) in [6, 6.07) is 6.28. The quantitative estimate of drug-likeness (QED) is 0.828. The van der Waals surface area contributed by atoms with Crippen LogP contribution in [0.1, 0.15) is 66.3 Å². The molecule has 0 radical (unpaired) electrons. The topological polar surface area (TPSA) is 54.3 Å². The molecule has 6 nitrogen and oxygen atoms in total. The molecule has 1 saturated carbocycles. The molecule has 4 rings (SSSR count). The van der Waals surface area contributed by atoms with Crippen LogP contribution in [0.15, 0.2) is 24.4 Å². The second kappa shape index (κ2) is 6.74. The van der Waals surface area contributed by atoms with Crippen LogP contribution in [0.2, 0.25) is 0 Å². The van der Waals surface area contributed by atoms with Crippen LogP contribution >= 0.6 is 0 Å². The van der Waals surface area contributed by atoms with Crippen LogP contribution < -0.4 is 4.90 Å². The summed E-state index contributed by atoms with van der Waals surface area (Å²) in [5.74, 6) is 1.60. The molecule has 0 bridgehead atoms. The summed E-state index contributed by atoms with van der Waals surface area (Å²) in [6.07, 6.45) is 6.27. The van der Waals surface area contributed by atoms with Crippen LogP contribution in [-0.2, 0) is 6.54 Å². The Morgan fingerprint density at radius 1 is 1.27 bits per heavy atom. The molecular formula is C20H27N5O. The van der Waals surface area contributed by atoms with Crippen LogP contribution in [0, 0.1) is 0 Å². The Balaban J connectivity index is 1.62. The lowest BCUT2D eigenvalue weighted by molar-refractivity contribution is 0.0723. The number of rotatable bonds is 5. The highest BCUT2D eigenvalue weighted by Crippen LogP contribution is 2.40. The molecule has 0 N–H and O–H groups in total. The molecule has 2 aliphatic rings. The largest absolute Gasteiger partial charge is 0.363 e. The zero-order valence-corrected chi connectivity index (χ0v) is 15.9. The first kappa shape index (κ1) is 17.1. The Kier molecular flexibility index (Phi) is 4.42.